The Morgan fingerprint density at radius 1 is 1.00 bits per heavy atom. The van der Waals surface area contributed by atoms with E-state index in [0.29, 0.717) is 17.7 Å². The van der Waals surface area contributed by atoms with Crippen LogP contribution >= 0.6 is 0 Å². The van der Waals surface area contributed by atoms with Crippen molar-refractivity contribution in [2.45, 2.75) is 6.42 Å². The van der Waals surface area contributed by atoms with Crippen LogP contribution in [-0.4, -0.2) is 56.6 Å². The van der Waals surface area contributed by atoms with Crippen molar-refractivity contribution < 1.29 is 14.3 Å². The molecule has 0 saturated carbocycles. The molecular formula is C21H25N3O3. The summed E-state index contributed by atoms with van der Waals surface area (Å²) in [4.78, 5) is 28.5. The Morgan fingerprint density at radius 3 is 2.44 bits per heavy atom. The SMILES string of the molecule is COC(=O)c1cccc(NC(=O)CCN2CCN(c3ccccc3)CC2)c1. The van der Waals surface area contributed by atoms with Crippen LogP contribution < -0.4 is 10.2 Å². The second-order valence-electron chi connectivity index (χ2n) is 6.53. The largest absolute Gasteiger partial charge is 0.465 e. The quantitative estimate of drug-likeness (QED) is 0.796. The van der Waals surface area contributed by atoms with E-state index in [9.17, 15) is 9.59 Å². The number of hydrogen-bond donors (Lipinski definition) is 1. The average molecular weight is 367 g/mol. The van der Waals surface area contributed by atoms with E-state index in [4.69, 9.17) is 4.74 Å². The second kappa shape index (κ2) is 9.19. The summed E-state index contributed by atoms with van der Waals surface area (Å²) in [7, 11) is 1.34. The zero-order valence-corrected chi connectivity index (χ0v) is 15.6. The molecule has 2 aromatic rings. The van der Waals surface area contributed by atoms with Gasteiger partial charge >= 0.3 is 5.97 Å². The predicted molar refractivity (Wildman–Crippen MR) is 106 cm³/mol. The number of carbonyl (C=O) groups is 2. The number of benzene rings is 2. The summed E-state index contributed by atoms with van der Waals surface area (Å²) in [6.07, 6.45) is 0.424. The number of hydrogen-bond acceptors (Lipinski definition) is 5. The van der Waals surface area contributed by atoms with Crippen molar-refractivity contribution in [2.24, 2.45) is 0 Å². The van der Waals surface area contributed by atoms with Crippen molar-refractivity contribution in [2.75, 3.05) is 50.1 Å². The van der Waals surface area contributed by atoms with E-state index < -0.39 is 5.97 Å². The summed E-state index contributed by atoms with van der Waals surface area (Å²) in [5.74, 6) is -0.468. The summed E-state index contributed by atoms with van der Waals surface area (Å²) in [5, 5.41) is 2.85. The molecular weight excluding hydrogens is 342 g/mol. The van der Waals surface area contributed by atoms with E-state index in [0.717, 1.165) is 32.7 Å². The molecule has 1 N–H and O–H groups in total. The average Bonchev–Trinajstić information content (AvgIpc) is 2.73. The van der Waals surface area contributed by atoms with Crippen LogP contribution in [0.15, 0.2) is 54.6 Å². The first-order valence-electron chi connectivity index (χ1n) is 9.16. The van der Waals surface area contributed by atoms with Gasteiger partial charge in [0, 0.05) is 50.5 Å². The van der Waals surface area contributed by atoms with E-state index in [1.807, 2.05) is 6.07 Å². The molecule has 1 heterocycles. The lowest BCUT2D eigenvalue weighted by atomic mass is 10.2. The van der Waals surface area contributed by atoms with Crippen LogP contribution in [0.2, 0.25) is 0 Å². The summed E-state index contributed by atoms with van der Waals surface area (Å²) < 4.78 is 4.70. The van der Waals surface area contributed by atoms with Crippen molar-refractivity contribution in [1.82, 2.24) is 4.90 Å². The molecule has 3 rings (SSSR count). The number of anilines is 2. The lowest BCUT2D eigenvalue weighted by Gasteiger charge is -2.36. The zero-order valence-electron chi connectivity index (χ0n) is 15.6. The van der Waals surface area contributed by atoms with Crippen LogP contribution in [0.1, 0.15) is 16.8 Å². The first-order chi connectivity index (χ1) is 13.2. The number of piperazine rings is 1. The van der Waals surface area contributed by atoms with Crippen LogP contribution in [0.25, 0.3) is 0 Å². The molecule has 0 aliphatic carbocycles. The van der Waals surface area contributed by atoms with Gasteiger partial charge in [0.25, 0.3) is 0 Å². The number of methoxy groups -OCH3 is 1. The lowest BCUT2D eigenvalue weighted by molar-refractivity contribution is -0.116. The highest BCUT2D eigenvalue weighted by atomic mass is 16.5. The van der Waals surface area contributed by atoms with Crippen molar-refractivity contribution in [3.05, 3.63) is 60.2 Å². The van der Waals surface area contributed by atoms with Crippen molar-refractivity contribution in [3.63, 3.8) is 0 Å². The molecule has 1 amide bonds. The topological polar surface area (TPSA) is 61.9 Å². The third kappa shape index (κ3) is 5.31. The molecule has 1 fully saturated rings. The Morgan fingerprint density at radius 2 is 1.74 bits per heavy atom. The number of rotatable bonds is 6. The van der Waals surface area contributed by atoms with Crippen molar-refractivity contribution in [3.8, 4) is 0 Å². The highest BCUT2D eigenvalue weighted by Crippen LogP contribution is 2.16. The Labute approximate surface area is 159 Å². The fraction of sp³-hybridized carbons (Fsp3) is 0.333. The number of amides is 1. The maximum absolute atomic E-state index is 12.2. The Kier molecular flexibility index (Phi) is 6.44. The van der Waals surface area contributed by atoms with Gasteiger partial charge in [-0.05, 0) is 30.3 Å². The van der Waals surface area contributed by atoms with Crippen LogP contribution in [0.5, 0.6) is 0 Å². The summed E-state index contributed by atoms with van der Waals surface area (Å²) >= 11 is 0. The molecule has 0 radical (unpaired) electrons. The molecule has 0 unspecified atom stereocenters. The van der Waals surface area contributed by atoms with E-state index in [1.54, 1.807) is 24.3 Å². The molecule has 6 nitrogen and oxygen atoms in total. The maximum Gasteiger partial charge on any atom is 0.337 e. The monoisotopic (exact) mass is 367 g/mol. The van der Waals surface area contributed by atoms with Gasteiger partial charge in [0.1, 0.15) is 0 Å². The minimum Gasteiger partial charge on any atom is -0.465 e. The van der Waals surface area contributed by atoms with Gasteiger partial charge in [0.05, 0.1) is 12.7 Å². The van der Waals surface area contributed by atoms with Gasteiger partial charge in [0.2, 0.25) is 5.91 Å². The minimum absolute atomic E-state index is 0.0532. The molecule has 142 valence electrons. The number of ether oxygens (including phenoxy) is 1. The molecule has 1 aliphatic heterocycles. The Balaban J connectivity index is 1.43. The van der Waals surface area contributed by atoms with Gasteiger partial charge in [-0.2, -0.15) is 0 Å². The van der Waals surface area contributed by atoms with Gasteiger partial charge in [-0.1, -0.05) is 24.3 Å². The second-order valence-corrected chi connectivity index (χ2v) is 6.53. The number of esters is 1. The molecule has 2 aromatic carbocycles. The van der Waals surface area contributed by atoms with Gasteiger partial charge in [-0.25, -0.2) is 4.79 Å². The van der Waals surface area contributed by atoms with Gasteiger partial charge < -0.3 is 15.0 Å². The number of para-hydroxylation sites is 1. The van der Waals surface area contributed by atoms with Crippen LogP contribution in [0, 0.1) is 0 Å². The van der Waals surface area contributed by atoms with E-state index >= 15 is 0 Å². The van der Waals surface area contributed by atoms with Crippen LogP contribution in [-0.2, 0) is 9.53 Å². The third-order valence-corrected chi connectivity index (χ3v) is 4.72. The fourth-order valence-electron chi connectivity index (χ4n) is 3.19. The Bertz CT molecular complexity index is 771. The molecule has 27 heavy (non-hydrogen) atoms. The van der Waals surface area contributed by atoms with Crippen molar-refractivity contribution >= 4 is 23.3 Å². The van der Waals surface area contributed by atoms with Crippen LogP contribution in [0.3, 0.4) is 0 Å². The third-order valence-electron chi connectivity index (χ3n) is 4.72. The smallest absolute Gasteiger partial charge is 0.337 e. The fourth-order valence-corrected chi connectivity index (χ4v) is 3.19. The molecule has 1 saturated heterocycles. The molecule has 6 heteroatoms. The summed E-state index contributed by atoms with van der Waals surface area (Å²) in [5.41, 5.74) is 2.28. The molecule has 0 bridgehead atoms. The maximum atomic E-state index is 12.2. The highest BCUT2D eigenvalue weighted by molar-refractivity contribution is 5.94. The highest BCUT2D eigenvalue weighted by Gasteiger charge is 2.17. The van der Waals surface area contributed by atoms with Crippen molar-refractivity contribution in [1.29, 1.82) is 0 Å². The first kappa shape index (κ1) is 18.9. The predicted octanol–water partition coefficient (Wildman–Crippen LogP) is 2.62. The number of carbonyl (C=O) groups excluding carboxylic acids is 2. The van der Waals surface area contributed by atoms with E-state index in [-0.39, 0.29) is 5.91 Å². The summed E-state index contributed by atoms with van der Waals surface area (Å²) in [6, 6.07) is 17.2. The lowest BCUT2D eigenvalue weighted by Crippen LogP contribution is -2.47. The molecule has 0 spiro atoms. The minimum atomic E-state index is -0.414. The van der Waals surface area contributed by atoms with E-state index in [1.165, 1.54) is 12.8 Å². The standard InChI is InChI=1S/C21H25N3O3/c1-27-21(26)17-6-5-7-18(16-17)22-20(25)10-11-23-12-14-24(15-13-23)19-8-3-2-4-9-19/h2-9,16H,10-15H2,1H3,(H,22,25). The summed E-state index contributed by atoms with van der Waals surface area (Å²) in [6.45, 7) is 4.55. The van der Waals surface area contributed by atoms with E-state index in [2.05, 4.69) is 39.4 Å². The molecule has 0 aromatic heterocycles. The number of nitrogens with one attached hydrogen (secondary N) is 1. The first-order valence-corrected chi connectivity index (χ1v) is 9.16. The zero-order chi connectivity index (χ0) is 19.1. The van der Waals surface area contributed by atoms with Gasteiger partial charge in [-0.3, -0.25) is 9.69 Å². The van der Waals surface area contributed by atoms with Gasteiger partial charge in [-0.15, -0.1) is 0 Å². The van der Waals surface area contributed by atoms with Gasteiger partial charge in [0.15, 0.2) is 0 Å². The van der Waals surface area contributed by atoms with Crippen LogP contribution in [0.4, 0.5) is 11.4 Å². The normalized spacial score (nSPS) is 14.6. The molecule has 0 atom stereocenters. The molecule has 1 aliphatic rings. The number of nitrogens with zero attached hydrogens (tertiary/aromatic N) is 2. The Hall–Kier alpha value is -2.86.